The number of hydrogen-bond donors (Lipinski definition) is 0. The molecule has 63 heavy (non-hydrogen) atoms. The topological polar surface area (TPSA) is 35.9 Å². The highest BCUT2D eigenvalue weighted by Crippen LogP contribution is 2.38. The van der Waals surface area contributed by atoms with E-state index in [1.54, 1.807) is 51.7 Å². The van der Waals surface area contributed by atoms with Crippen molar-refractivity contribution >= 4 is 32.8 Å². The zero-order chi connectivity index (χ0) is 52.8. The van der Waals surface area contributed by atoms with Crippen molar-refractivity contribution < 1.29 is 25.8 Å². The molecule has 0 aliphatic heterocycles. The van der Waals surface area contributed by atoms with E-state index in [-0.39, 0.29) is 33.9 Å². The van der Waals surface area contributed by atoms with Gasteiger partial charge in [0.25, 0.3) is 6.33 Å². The maximum atomic E-state index is 9.03. The van der Waals surface area contributed by atoms with E-state index in [4.69, 9.17) is 26.2 Å². The Labute approximate surface area is 384 Å². The molecule has 3 aromatic heterocycles. The van der Waals surface area contributed by atoms with E-state index in [2.05, 4.69) is 36.7 Å². The number of nitrogens with zero attached hydrogens (tertiary/aromatic N) is 4. The van der Waals surface area contributed by atoms with Crippen LogP contribution in [0.4, 0.5) is 0 Å². The van der Waals surface area contributed by atoms with Crippen molar-refractivity contribution in [3.05, 3.63) is 224 Å². The Kier molecular flexibility index (Phi) is 6.91. The van der Waals surface area contributed by atoms with Crippen LogP contribution in [0.2, 0.25) is 0 Å². The van der Waals surface area contributed by atoms with Crippen molar-refractivity contribution in [3.63, 3.8) is 0 Å². The minimum atomic E-state index is -1.61. The Morgan fingerprint density at radius 1 is 0.603 bits per heavy atom. The first-order chi connectivity index (χ1) is 36.0. The van der Waals surface area contributed by atoms with E-state index in [0.717, 1.165) is 32.9 Å². The highest BCUT2D eigenvalue weighted by atomic mass is 16.5. The summed E-state index contributed by atoms with van der Waals surface area (Å²) in [7, 11) is 0. The van der Waals surface area contributed by atoms with E-state index < -0.39 is 66.8 Å². The van der Waals surface area contributed by atoms with Gasteiger partial charge in [-0.3, -0.25) is 13.7 Å². The summed E-state index contributed by atoms with van der Waals surface area (Å²) in [6.45, 7) is 3.72. The van der Waals surface area contributed by atoms with Gasteiger partial charge in [-0.05, 0) is 106 Å². The second kappa shape index (κ2) is 16.1. The maximum Gasteiger partial charge on any atom is 0.269 e. The first-order valence-electron chi connectivity index (χ1n) is 26.6. The molecular formula is C58H44N4O. The largest absolute Gasteiger partial charge is 0.458 e. The minimum absolute atomic E-state index is 0.141. The summed E-state index contributed by atoms with van der Waals surface area (Å²) in [6, 6.07) is 39.8. The van der Waals surface area contributed by atoms with Gasteiger partial charge in [0.2, 0.25) is 0 Å². The summed E-state index contributed by atoms with van der Waals surface area (Å²) in [4.78, 5) is 4.79. The monoisotopic (exact) mass is 824 g/mol. The average molecular weight is 825 g/mol. The molecule has 0 aliphatic carbocycles. The summed E-state index contributed by atoms with van der Waals surface area (Å²) >= 11 is 0. The van der Waals surface area contributed by atoms with Gasteiger partial charge in [-0.2, -0.15) is 0 Å². The van der Waals surface area contributed by atoms with Gasteiger partial charge >= 0.3 is 0 Å². The predicted octanol–water partition coefficient (Wildman–Crippen LogP) is 14.2. The quantitative estimate of drug-likeness (QED) is 0.102. The van der Waals surface area contributed by atoms with Crippen LogP contribution in [-0.2, 0) is 6.37 Å². The summed E-state index contributed by atoms with van der Waals surface area (Å²) < 4.78 is 117. The van der Waals surface area contributed by atoms with Crippen LogP contribution >= 0.6 is 0 Å². The van der Waals surface area contributed by atoms with Crippen LogP contribution < -0.4 is 9.30 Å². The smallest absolute Gasteiger partial charge is 0.269 e. The molecule has 11 rings (SSSR count). The summed E-state index contributed by atoms with van der Waals surface area (Å²) in [6.07, 6.45) is 3.46. The van der Waals surface area contributed by atoms with Crippen molar-refractivity contribution in [2.45, 2.75) is 20.2 Å². The summed E-state index contributed by atoms with van der Waals surface area (Å²) in [5.74, 6) is 1.23. The summed E-state index contributed by atoms with van der Waals surface area (Å²) in [5.41, 5.74) is 6.18. The number of rotatable bonds is 10. The second-order valence-electron chi connectivity index (χ2n) is 15.4. The third-order valence-corrected chi connectivity index (χ3v) is 10.9. The molecule has 0 radical (unpaired) electrons. The fourth-order valence-corrected chi connectivity index (χ4v) is 8.28. The van der Waals surface area contributed by atoms with E-state index in [0.29, 0.717) is 39.6 Å². The Bertz CT molecular complexity index is 3990. The standard InChI is InChI=1S/C58H44N4O/c1-40(2)34-41-32-33-59-57(35-41)62-53-31-28-45(42-16-6-3-7-17-42)36-52(53)51-30-29-48(38-56(51)62)63-47-23-14-22-46(37-47)60-39-61(55-27-13-12-26-54(55)60)58-49(43-18-8-4-9-19-43)24-15-25-50(58)44-20-10-5-11-21-44/h3-33,35-38,40H,34H2,1-2H3/i4D,5D,8D,9D,10D,11D,18D,19D,20D,21D,34D2. The molecule has 8 aromatic carbocycles. The molecule has 0 unspecified atom stereocenters. The Hall–Kier alpha value is -8.02. The molecule has 0 spiro atoms. The van der Waals surface area contributed by atoms with Gasteiger partial charge in [-0.1, -0.05) is 159 Å². The molecule has 0 saturated heterocycles. The number of para-hydroxylation sites is 3. The van der Waals surface area contributed by atoms with Crippen LogP contribution in [0.1, 0.15) is 35.9 Å². The van der Waals surface area contributed by atoms with Crippen LogP contribution in [0.15, 0.2) is 212 Å². The van der Waals surface area contributed by atoms with Gasteiger partial charge in [0.1, 0.15) is 17.3 Å². The molecule has 5 nitrogen and oxygen atoms in total. The van der Waals surface area contributed by atoms with E-state index in [1.807, 2.05) is 97.3 Å². The summed E-state index contributed by atoms with van der Waals surface area (Å²) in [5, 5.41) is 1.91. The first kappa shape index (κ1) is 27.0. The molecule has 302 valence electrons. The number of pyridine rings is 1. The number of fused-ring (bicyclic) bond motifs is 4. The number of benzene rings is 8. The SMILES string of the molecule is [2H]c1c([2H])c([2H])c(-c2cccc(-c3c([2H])c([2H])c([2H])c([2H])c3[2H])c2-[n+]2[c-]n(-c3cccc(Oc4ccc5c6cc(-c7ccccc7)ccc6n(-c6cc(C([2H])([2H])C(C)C)ccn6)c5c4)c3)c3ccccc32)c([2H])c1[2H]. The first-order valence-corrected chi connectivity index (χ1v) is 20.6. The average Bonchev–Trinajstić information content (AvgIpc) is 3.98. The van der Waals surface area contributed by atoms with Gasteiger partial charge in [-0.25, -0.2) is 4.98 Å². The third kappa shape index (κ3) is 7.13. The number of aromatic nitrogens is 4. The van der Waals surface area contributed by atoms with Crippen molar-refractivity contribution in [2.24, 2.45) is 5.92 Å². The molecule has 0 aliphatic rings. The normalized spacial score (nSPS) is 14.5. The van der Waals surface area contributed by atoms with Crippen molar-refractivity contribution in [1.82, 2.24) is 14.1 Å². The molecule has 0 saturated carbocycles. The maximum absolute atomic E-state index is 9.03. The molecule has 0 N–H and O–H groups in total. The lowest BCUT2D eigenvalue weighted by Gasteiger charge is -2.17. The highest BCUT2D eigenvalue weighted by molar-refractivity contribution is 6.10. The van der Waals surface area contributed by atoms with E-state index in [9.17, 15) is 0 Å². The van der Waals surface area contributed by atoms with Gasteiger partial charge in [0.15, 0.2) is 0 Å². The fourth-order valence-electron chi connectivity index (χ4n) is 8.28. The Balaban J connectivity index is 1.07. The minimum Gasteiger partial charge on any atom is -0.458 e. The fraction of sp³-hybridized carbons (Fsp3) is 0.0690. The number of hydrogen-bond acceptors (Lipinski definition) is 2. The molecule has 5 heteroatoms. The van der Waals surface area contributed by atoms with Crippen LogP contribution in [0.3, 0.4) is 0 Å². The molecular weight excluding hydrogens is 769 g/mol. The van der Waals surface area contributed by atoms with Gasteiger partial charge in [0, 0.05) is 25.8 Å². The predicted molar refractivity (Wildman–Crippen MR) is 257 cm³/mol. The van der Waals surface area contributed by atoms with Gasteiger partial charge in [0.05, 0.1) is 47.1 Å². The lowest BCUT2D eigenvalue weighted by atomic mass is 9.95. The van der Waals surface area contributed by atoms with E-state index in [1.165, 1.54) is 0 Å². The highest BCUT2D eigenvalue weighted by Gasteiger charge is 2.21. The lowest BCUT2D eigenvalue weighted by molar-refractivity contribution is -0.571. The molecule has 11 aromatic rings. The lowest BCUT2D eigenvalue weighted by Crippen LogP contribution is -2.31. The van der Waals surface area contributed by atoms with Crippen LogP contribution in [-0.4, -0.2) is 14.1 Å². The zero-order valence-electron chi connectivity index (χ0n) is 46.2. The van der Waals surface area contributed by atoms with Crippen LogP contribution in [0.25, 0.3) is 83.4 Å². The molecule has 3 heterocycles. The molecule has 0 atom stereocenters. The molecule has 0 bridgehead atoms. The number of ether oxygens (including phenoxy) is 1. The van der Waals surface area contributed by atoms with Gasteiger partial charge in [-0.15, -0.1) is 0 Å². The van der Waals surface area contributed by atoms with E-state index >= 15 is 0 Å². The van der Waals surface area contributed by atoms with Crippen LogP contribution in [0.5, 0.6) is 11.5 Å². The molecule has 0 amide bonds. The Morgan fingerprint density at radius 2 is 1.32 bits per heavy atom. The molecule has 0 fully saturated rings. The number of imidazole rings is 1. The second-order valence-corrected chi connectivity index (χ2v) is 15.4. The van der Waals surface area contributed by atoms with Crippen LogP contribution in [0, 0.1) is 12.2 Å². The van der Waals surface area contributed by atoms with Crippen molar-refractivity contribution in [3.8, 4) is 62.1 Å². The zero-order valence-corrected chi connectivity index (χ0v) is 34.2. The van der Waals surface area contributed by atoms with Gasteiger partial charge < -0.3 is 4.74 Å². The third-order valence-electron chi connectivity index (χ3n) is 10.9. The van der Waals surface area contributed by atoms with Crippen molar-refractivity contribution in [1.29, 1.82) is 0 Å². The van der Waals surface area contributed by atoms with Crippen molar-refractivity contribution in [2.75, 3.05) is 0 Å². The Morgan fingerprint density at radius 3 is 2.08 bits per heavy atom.